The molecule has 0 aromatic heterocycles. The zero-order chi connectivity index (χ0) is 10.3. The quantitative estimate of drug-likeness (QED) is 0.414. The van der Waals surface area contributed by atoms with Gasteiger partial charge >= 0.3 is 5.97 Å². The van der Waals surface area contributed by atoms with Crippen molar-refractivity contribution in [3.05, 3.63) is 11.6 Å². The fourth-order valence-corrected chi connectivity index (χ4v) is 1.62. The maximum Gasteiger partial charge on any atom is 0.323 e. The second kappa shape index (κ2) is 6.97. The Balaban J connectivity index is 3.53. The largest absolute Gasteiger partial charge is 0.468 e. The molecule has 0 saturated heterocycles. The smallest absolute Gasteiger partial charge is 0.323 e. The first-order valence-electron chi connectivity index (χ1n) is 4.12. The first kappa shape index (κ1) is 12.5. The molecule has 0 aliphatic heterocycles. The van der Waals surface area contributed by atoms with Crippen molar-refractivity contribution >= 4 is 17.7 Å². The van der Waals surface area contributed by atoms with Crippen LogP contribution in [-0.4, -0.2) is 30.6 Å². The summed E-state index contributed by atoms with van der Waals surface area (Å²) >= 11 is 1.63. The van der Waals surface area contributed by atoms with Crippen LogP contribution in [0.4, 0.5) is 0 Å². The predicted octanol–water partition coefficient (Wildman–Crippen LogP) is 1.19. The van der Waals surface area contributed by atoms with Gasteiger partial charge in [0, 0.05) is 11.5 Å². The zero-order valence-electron chi connectivity index (χ0n) is 8.37. The molecule has 0 aliphatic rings. The molecule has 2 N–H and O–H groups in total. The third kappa shape index (κ3) is 6.66. The van der Waals surface area contributed by atoms with Gasteiger partial charge in [0.1, 0.15) is 6.04 Å². The molecule has 0 radical (unpaired) electrons. The topological polar surface area (TPSA) is 52.3 Å². The molecule has 13 heavy (non-hydrogen) atoms. The third-order valence-corrected chi connectivity index (χ3v) is 2.41. The molecule has 3 nitrogen and oxygen atoms in total. The van der Waals surface area contributed by atoms with E-state index in [2.05, 4.69) is 10.8 Å². The van der Waals surface area contributed by atoms with Crippen LogP contribution in [0.25, 0.3) is 0 Å². The summed E-state index contributed by atoms with van der Waals surface area (Å²) in [6.07, 6.45) is 2.11. The lowest BCUT2D eigenvalue weighted by molar-refractivity contribution is -0.141. The van der Waals surface area contributed by atoms with Crippen molar-refractivity contribution in [3.8, 4) is 0 Å². The molecule has 0 aromatic rings. The number of carbonyl (C=O) groups is 1. The number of hydrogen-bond acceptors (Lipinski definition) is 4. The number of hydrogen-bond donors (Lipinski definition) is 1. The normalized spacial score (nSPS) is 12.0. The highest BCUT2D eigenvalue weighted by atomic mass is 32.2. The van der Waals surface area contributed by atoms with Gasteiger partial charge in [-0.1, -0.05) is 11.6 Å². The molecule has 0 bridgehead atoms. The number of nitrogens with two attached hydrogens (primary N) is 1. The molecule has 0 aromatic carbocycles. The Kier molecular flexibility index (Phi) is 6.72. The van der Waals surface area contributed by atoms with Crippen molar-refractivity contribution in [2.45, 2.75) is 19.9 Å². The molecule has 0 saturated carbocycles. The molecule has 0 fully saturated rings. The maximum absolute atomic E-state index is 10.9. The van der Waals surface area contributed by atoms with Gasteiger partial charge in [-0.2, -0.15) is 11.8 Å². The first-order valence-corrected chi connectivity index (χ1v) is 5.28. The van der Waals surface area contributed by atoms with Gasteiger partial charge in [-0.25, -0.2) is 0 Å². The zero-order valence-corrected chi connectivity index (χ0v) is 9.19. The van der Waals surface area contributed by atoms with E-state index in [1.807, 2.05) is 13.8 Å². The van der Waals surface area contributed by atoms with Gasteiger partial charge in [0.25, 0.3) is 0 Å². The van der Waals surface area contributed by atoms with Gasteiger partial charge < -0.3 is 10.5 Å². The van der Waals surface area contributed by atoms with Crippen molar-refractivity contribution in [2.24, 2.45) is 5.73 Å². The van der Waals surface area contributed by atoms with E-state index in [0.29, 0.717) is 5.75 Å². The molecule has 0 spiro atoms. The van der Waals surface area contributed by atoms with Gasteiger partial charge in [-0.3, -0.25) is 4.79 Å². The van der Waals surface area contributed by atoms with Crippen LogP contribution in [-0.2, 0) is 9.53 Å². The van der Waals surface area contributed by atoms with Gasteiger partial charge in [0.15, 0.2) is 0 Å². The highest BCUT2D eigenvalue weighted by Gasteiger charge is 2.12. The monoisotopic (exact) mass is 203 g/mol. The van der Waals surface area contributed by atoms with Crippen LogP contribution in [0.2, 0.25) is 0 Å². The predicted molar refractivity (Wildman–Crippen MR) is 56.7 cm³/mol. The van der Waals surface area contributed by atoms with Gasteiger partial charge in [0.05, 0.1) is 7.11 Å². The highest BCUT2D eigenvalue weighted by molar-refractivity contribution is 7.99. The van der Waals surface area contributed by atoms with E-state index >= 15 is 0 Å². The van der Waals surface area contributed by atoms with E-state index < -0.39 is 6.04 Å². The lowest BCUT2D eigenvalue weighted by Crippen LogP contribution is -2.33. The second-order valence-electron chi connectivity index (χ2n) is 2.95. The molecular weight excluding hydrogens is 186 g/mol. The number of carbonyl (C=O) groups excluding carboxylic acids is 1. The molecule has 4 heteroatoms. The lowest BCUT2D eigenvalue weighted by atomic mass is 10.3. The number of allylic oxidation sites excluding steroid dienone is 1. The van der Waals surface area contributed by atoms with Crippen LogP contribution < -0.4 is 5.73 Å². The highest BCUT2D eigenvalue weighted by Crippen LogP contribution is 2.04. The van der Waals surface area contributed by atoms with E-state index in [9.17, 15) is 4.79 Å². The lowest BCUT2D eigenvalue weighted by Gasteiger charge is -2.07. The molecule has 1 unspecified atom stereocenters. The Morgan fingerprint density at radius 1 is 1.62 bits per heavy atom. The maximum atomic E-state index is 10.9. The standard InChI is InChI=1S/C9H17NO2S/c1-7(2)4-5-13-6-8(10)9(11)12-3/h4,8H,5-6,10H2,1-3H3. The van der Waals surface area contributed by atoms with E-state index in [4.69, 9.17) is 5.73 Å². The first-order chi connectivity index (χ1) is 6.07. The van der Waals surface area contributed by atoms with Crippen molar-refractivity contribution in [1.29, 1.82) is 0 Å². The van der Waals surface area contributed by atoms with Gasteiger partial charge in [0.2, 0.25) is 0 Å². The van der Waals surface area contributed by atoms with Crippen LogP contribution in [0.1, 0.15) is 13.8 Å². The Morgan fingerprint density at radius 3 is 2.69 bits per heavy atom. The Morgan fingerprint density at radius 2 is 2.23 bits per heavy atom. The summed E-state index contributed by atoms with van der Waals surface area (Å²) in [5, 5.41) is 0. The summed E-state index contributed by atoms with van der Waals surface area (Å²) in [4.78, 5) is 10.9. The number of thioether (sulfide) groups is 1. The number of esters is 1. The number of rotatable bonds is 5. The average molecular weight is 203 g/mol. The molecule has 76 valence electrons. The van der Waals surface area contributed by atoms with E-state index in [-0.39, 0.29) is 5.97 Å². The van der Waals surface area contributed by atoms with Crippen LogP contribution in [0, 0.1) is 0 Å². The molecule has 0 amide bonds. The molecule has 0 rings (SSSR count). The Labute approximate surface area is 83.7 Å². The summed E-state index contributed by atoms with van der Waals surface area (Å²) in [7, 11) is 1.35. The average Bonchev–Trinajstić information content (AvgIpc) is 2.10. The van der Waals surface area contributed by atoms with Crippen molar-refractivity contribution < 1.29 is 9.53 Å². The second-order valence-corrected chi connectivity index (χ2v) is 4.02. The summed E-state index contributed by atoms with van der Waals surface area (Å²) < 4.78 is 4.50. The van der Waals surface area contributed by atoms with Crippen molar-refractivity contribution in [2.75, 3.05) is 18.6 Å². The number of ether oxygens (including phenoxy) is 1. The van der Waals surface area contributed by atoms with Gasteiger partial charge in [-0.15, -0.1) is 0 Å². The van der Waals surface area contributed by atoms with Crippen LogP contribution in [0.5, 0.6) is 0 Å². The summed E-state index contributed by atoms with van der Waals surface area (Å²) in [5.74, 6) is 1.16. The van der Waals surface area contributed by atoms with Crippen LogP contribution in [0.15, 0.2) is 11.6 Å². The SMILES string of the molecule is COC(=O)C(N)CSCC=C(C)C. The van der Waals surface area contributed by atoms with Gasteiger partial charge in [-0.05, 0) is 13.8 Å². The summed E-state index contributed by atoms with van der Waals surface area (Å²) in [6, 6.07) is -0.499. The minimum absolute atomic E-state index is 0.343. The molecule has 1 atom stereocenters. The molecular formula is C9H17NO2S. The molecule has 0 aliphatic carbocycles. The third-order valence-electron chi connectivity index (χ3n) is 1.41. The van der Waals surface area contributed by atoms with Crippen molar-refractivity contribution in [1.82, 2.24) is 0 Å². The minimum Gasteiger partial charge on any atom is -0.468 e. The van der Waals surface area contributed by atoms with Crippen molar-refractivity contribution in [3.63, 3.8) is 0 Å². The fraction of sp³-hybridized carbons (Fsp3) is 0.667. The van der Waals surface area contributed by atoms with Crippen LogP contribution >= 0.6 is 11.8 Å². The summed E-state index contributed by atoms with van der Waals surface area (Å²) in [5.41, 5.74) is 6.81. The summed E-state index contributed by atoms with van der Waals surface area (Å²) in [6.45, 7) is 4.08. The minimum atomic E-state index is -0.499. The molecule has 0 heterocycles. The number of methoxy groups -OCH3 is 1. The Bertz CT molecular complexity index is 188. The van der Waals surface area contributed by atoms with E-state index in [1.54, 1.807) is 11.8 Å². The fourth-order valence-electron chi connectivity index (χ4n) is 0.640. The van der Waals surface area contributed by atoms with E-state index in [0.717, 1.165) is 5.75 Å². The van der Waals surface area contributed by atoms with Crippen LogP contribution in [0.3, 0.4) is 0 Å². The van der Waals surface area contributed by atoms with E-state index in [1.165, 1.54) is 12.7 Å². The Hall–Kier alpha value is -0.480.